The Kier molecular flexibility index (Phi) is 7.25. The lowest BCUT2D eigenvalue weighted by Crippen LogP contribution is -2.16. The zero-order chi connectivity index (χ0) is 19.1. The highest BCUT2D eigenvalue weighted by Gasteiger charge is 2.09. The summed E-state index contributed by atoms with van der Waals surface area (Å²) >= 11 is 0. The summed E-state index contributed by atoms with van der Waals surface area (Å²) in [4.78, 5) is 28.3. The van der Waals surface area contributed by atoms with E-state index >= 15 is 0 Å². The van der Waals surface area contributed by atoms with Crippen molar-refractivity contribution >= 4 is 11.6 Å². The normalized spacial score (nSPS) is 11.2. The van der Waals surface area contributed by atoms with E-state index in [2.05, 4.69) is 0 Å². The Morgan fingerprint density at radius 3 is 1.19 bits per heavy atom. The Balaban J connectivity index is 2.02. The van der Waals surface area contributed by atoms with Crippen molar-refractivity contribution in [1.82, 2.24) is 9.80 Å². The summed E-state index contributed by atoms with van der Waals surface area (Å²) in [5, 5.41) is 0. The van der Waals surface area contributed by atoms with Crippen molar-refractivity contribution in [2.24, 2.45) is 0 Å². The van der Waals surface area contributed by atoms with Crippen LogP contribution in [0.25, 0.3) is 11.1 Å². The van der Waals surface area contributed by atoms with Crippen LogP contribution < -0.4 is 0 Å². The molecule has 0 bridgehead atoms. The van der Waals surface area contributed by atoms with Crippen molar-refractivity contribution in [2.75, 3.05) is 41.3 Å². The monoisotopic (exact) mass is 352 g/mol. The number of carbonyl (C=O) groups excluding carboxylic acids is 2. The molecule has 2 aromatic rings. The fourth-order valence-electron chi connectivity index (χ4n) is 2.64. The first-order valence-corrected chi connectivity index (χ1v) is 8.93. The van der Waals surface area contributed by atoms with Crippen molar-refractivity contribution in [3.63, 3.8) is 0 Å². The van der Waals surface area contributed by atoms with Gasteiger partial charge in [-0.25, -0.2) is 0 Å². The minimum atomic E-state index is 0.159. The van der Waals surface area contributed by atoms with Crippen LogP contribution in [0, 0.1) is 0 Å². The average Bonchev–Trinajstić information content (AvgIpc) is 2.64. The molecule has 2 aromatic carbocycles. The number of benzene rings is 2. The van der Waals surface area contributed by atoms with Gasteiger partial charge in [-0.15, -0.1) is 0 Å². The van der Waals surface area contributed by atoms with E-state index in [1.54, 1.807) is 0 Å². The van der Waals surface area contributed by atoms with Crippen LogP contribution in [-0.2, 0) is 0 Å². The van der Waals surface area contributed by atoms with Crippen molar-refractivity contribution in [3.05, 3.63) is 59.7 Å². The quantitative estimate of drug-likeness (QED) is 0.646. The topological polar surface area (TPSA) is 40.6 Å². The number of rotatable bonds is 9. The second kappa shape index (κ2) is 9.41. The van der Waals surface area contributed by atoms with Crippen LogP contribution in [0.3, 0.4) is 0 Å². The summed E-state index contributed by atoms with van der Waals surface area (Å²) in [6, 6.07) is 15.4. The molecule has 0 unspecified atom stereocenters. The molecule has 0 atom stereocenters. The number of hydrogen-bond acceptors (Lipinski definition) is 4. The molecule has 138 valence electrons. The minimum absolute atomic E-state index is 0.159. The van der Waals surface area contributed by atoms with Crippen LogP contribution in [0.4, 0.5) is 0 Å². The smallest absolute Gasteiger partial charge is 0.164 e. The van der Waals surface area contributed by atoms with Gasteiger partial charge in [-0.3, -0.25) is 9.59 Å². The Hall–Kier alpha value is -2.30. The maximum Gasteiger partial charge on any atom is 0.164 e. The Morgan fingerprint density at radius 1 is 0.615 bits per heavy atom. The molecule has 0 fully saturated rings. The molecule has 0 aliphatic heterocycles. The van der Waals surface area contributed by atoms with E-state index in [0.717, 1.165) is 35.3 Å². The van der Waals surface area contributed by atoms with Gasteiger partial charge in [0.05, 0.1) is 0 Å². The van der Waals surface area contributed by atoms with E-state index < -0.39 is 0 Å². The van der Waals surface area contributed by atoms with Gasteiger partial charge in [-0.05, 0) is 39.3 Å². The average molecular weight is 352 g/mol. The molecule has 4 heteroatoms. The van der Waals surface area contributed by atoms with E-state index in [1.807, 2.05) is 86.5 Å². The second-order valence-corrected chi connectivity index (χ2v) is 7.11. The molecule has 0 radical (unpaired) electrons. The van der Waals surface area contributed by atoms with Crippen LogP contribution in [-0.4, -0.2) is 62.6 Å². The summed E-state index contributed by atoms with van der Waals surface area (Å²) < 4.78 is 0. The molecule has 0 saturated carbocycles. The van der Waals surface area contributed by atoms with Crippen molar-refractivity contribution in [3.8, 4) is 11.1 Å². The summed E-state index contributed by atoms with van der Waals surface area (Å²) in [5.74, 6) is 0.319. The highest BCUT2D eigenvalue weighted by molar-refractivity contribution is 5.97. The van der Waals surface area contributed by atoms with Crippen LogP contribution in [0.1, 0.15) is 33.6 Å². The zero-order valence-electron chi connectivity index (χ0n) is 16.2. The minimum Gasteiger partial charge on any atom is -0.309 e. The molecule has 0 amide bonds. The standard InChI is InChI=1S/C22H28N2O2/c1-23(2)15-13-21(25)19-9-5-17(6-10-19)18-7-11-20(12-8-18)22(26)14-16-24(3)4/h5-12H,13-16H2,1-4H3. The highest BCUT2D eigenvalue weighted by atomic mass is 16.1. The van der Waals surface area contributed by atoms with Crippen molar-refractivity contribution < 1.29 is 9.59 Å². The SMILES string of the molecule is CN(C)CCC(=O)c1ccc(-c2ccc(C(=O)CCN(C)C)cc2)cc1. The fraction of sp³-hybridized carbons (Fsp3) is 0.364. The number of Topliss-reactive ketones (excluding diaryl/α,β-unsaturated/α-hetero) is 2. The molecule has 26 heavy (non-hydrogen) atoms. The van der Waals surface area contributed by atoms with Gasteiger partial charge < -0.3 is 9.80 Å². The third kappa shape index (κ3) is 5.90. The molecular formula is C22H28N2O2. The van der Waals surface area contributed by atoms with E-state index in [-0.39, 0.29) is 11.6 Å². The molecule has 0 spiro atoms. The maximum absolute atomic E-state index is 12.2. The number of ketones is 2. The van der Waals surface area contributed by atoms with E-state index in [0.29, 0.717) is 12.8 Å². The van der Waals surface area contributed by atoms with Gasteiger partial charge in [-0.1, -0.05) is 48.5 Å². The van der Waals surface area contributed by atoms with Gasteiger partial charge >= 0.3 is 0 Å². The van der Waals surface area contributed by atoms with Crippen molar-refractivity contribution in [1.29, 1.82) is 0 Å². The molecular weight excluding hydrogens is 324 g/mol. The first-order valence-electron chi connectivity index (χ1n) is 8.93. The zero-order valence-corrected chi connectivity index (χ0v) is 16.2. The highest BCUT2D eigenvalue weighted by Crippen LogP contribution is 2.21. The molecule has 0 heterocycles. The van der Waals surface area contributed by atoms with Gasteiger partial charge in [0.15, 0.2) is 11.6 Å². The van der Waals surface area contributed by atoms with Gasteiger partial charge in [-0.2, -0.15) is 0 Å². The molecule has 0 aromatic heterocycles. The molecule has 0 N–H and O–H groups in total. The lowest BCUT2D eigenvalue weighted by Gasteiger charge is -2.10. The maximum atomic E-state index is 12.2. The van der Waals surface area contributed by atoms with Gasteiger partial charge in [0, 0.05) is 37.1 Å². The Morgan fingerprint density at radius 2 is 0.923 bits per heavy atom. The lowest BCUT2D eigenvalue weighted by molar-refractivity contribution is 0.0964. The van der Waals surface area contributed by atoms with Crippen LogP contribution in [0.15, 0.2) is 48.5 Å². The summed E-state index contributed by atoms with van der Waals surface area (Å²) in [6.45, 7) is 1.51. The lowest BCUT2D eigenvalue weighted by atomic mass is 9.99. The van der Waals surface area contributed by atoms with Crippen LogP contribution >= 0.6 is 0 Å². The molecule has 0 saturated heterocycles. The fourth-order valence-corrected chi connectivity index (χ4v) is 2.64. The third-order valence-corrected chi connectivity index (χ3v) is 4.32. The molecule has 0 aliphatic carbocycles. The summed E-state index contributed by atoms with van der Waals surface area (Å²) in [5.41, 5.74) is 3.57. The summed E-state index contributed by atoms with van der Waals surface area (Å²) in [6.07, 6.45) is 1.05. The predicted molar refractivity (Wildman–Crippen MR) is 107 cm³/mol. The van der Waals surface area contributed by atoms with Gasteiger partial charge in [0.25, 0.3) is 0 Å². The number of nitrogens with zero attached hydrogens (tertiary/aromatic N) is 2. The van der Waals surface area contributed by atoms with Crippen LogP contribution in [0.5, 0.6) is 0 Å². The van der Waals surface area contributed by atoms with E-state index in [9.17, 15) is 9.59 Å². The third-order valence-electron chi connectivity index (χ3n) is 4.32. The van der Waals surface area contributed by atoms with E-state index in [4.69, 9.17) is 0 Å². The number of hydrogen-bond donors (Lipinski definition) is 0. The number of carbonyl (C=O) groups is 2. The van der Waals surface area contributed by atoms with Crippen molar-refractivity contribution in [2.45, 2.75) is 12.8 Å². The first kappa shape index (κ1) is 20.0. The Labute approximate surface area is 156 Å². The first-order chi connectivity index (χ1) is 12.4. The Bertz CT molecular complexity index is 666. The molecule has 2 rings (SSSR count). The van der Waals surface area contributed by atoms with Crippen LogP contribution in [0.2, 0.25) is 0 Å². The summed E-state index contributed by atoms with van der Waals surface area (Å²) in [7, 11) is 7.85. The van der Waals surface area contributed by atoms with E-state index in [1.165, 1.54) is 0 Å². The molecule has 0 aliphatic rings. The largest absolute Gasteiger partial charge is 0.309 e. The molecule has 4 nitrogen and oxygen atoms in total. The second-order valence-electron chi connectivity index (χ2n) is 7.11. The van der Waals surface area contributed by atoms with Gasteiger partial charge in [0.1, 0.15) is 0 Å². The predicted octanol–water partition coefficient (Wildman–Crippen LogP) is 3.62. The van der Waals surface area contributed by atoms with Gasteiger partial charge in [0.2, 0.25) is 0 Å².